The van der Waals surface area contributed by atoms with Gasteiger partial charge in [0, 0.05) is 32.7 Å². The summed E-state index contributed by atoms with van der Waals surface area (Å²) in [6.07, 6.45) is 6.41. The van der Waals surface area contributed by atoms with Gasteiger partial charge in [0.2, 0.25) is 0 Å². The second-order valence-corrected chi connectivity index (χ2v) is 3.64. The van der Waals surface area contributed by atoms with Gasteiger partial charge in [-0.15, -0.1) is 6.42 Å². The molecule has 1 aliphatic rings. The molecule has 1 nitrogen and oxygen atoms in total. The van der Waals surface area contributed by atoms with Crippen molar-refractivity contribution in [2.75, 3.05) is 19.6 Å². The fraction of sp³-hybridized carbons (Fsp3) is 0.818. The Hall–Kier alpha value is 1.06. The van der Waals surface area contributed by atoms with Gasteiger partial charge in [-0.05, 0) is 19.6 Å². The van der Waals surface area contributed by atoms with Crippen molar-refractivity contribution in [3.05, 3.63) is 12.8 Å². The molecule has 1 saturated heterocycles. The number of likely N-dealkylation sites (tertiary alicyclic amines) is 1. The first-order valence-electron chi connectivity index (χ1n) is 5.22. The third-order valence-corrected chi connectivity index (χ3v) is 2.79. The van der Waals surface area contributed by atoms with Crippen LogP contribution in [0.1, 0.15) is 39.0 Å². The minimum Gasteiger partial charge on any atom is -0.343 e. The van der Waals surface area contributed by atoms with E-state index in [4.69, 9.17) is 0 Å². The molecule has 2 heteroatoms. The summed E-state index contributed by atoms with van der Waals surface area (Å²) in [5.41, 5.74) is 0. The first kappa shape index (κ1) is 14.1. The fourth-order valence-electron chi connectivity index (χ4n) is 1.81. The number of hydrogen-bond acceptors (Lipinski definition) is 1. The van der Waals surface area contributed by atoms with Crippen LogP contribution in [-0.4, -0.2) is 24.5 Å². The Labute approximate surface area is 109 Å². The summed E-state index contributed by atoms with van der Waals surface area (Å²) in [6, 6.07) is 0. The van der Waals surface area contributed by atoms with Crippen LogP contribution in [0.2, 0.25) is 0 Å². The van der Waals surface area contributed by atoms with Gasteiger partial charge >= 0.3 is 0 Å². The van der Waals surface area contributed by atoms with Gasteiger partial charge < -0.3 is 17.7 Å². The van der Waals surface area contributed by atoms with Crippen LogP contribution in [0.25, 0.3) is 0 Å². The second-order valence-electron chi connectivity index (χ2n) is 3.64. The van der Waals surface area contributed by atoms with E-state index in [9.17, 15) is 0 Å². The molecule has 0 saturated carbocycles. The Morgan fingerprint density at radius 3 is 2.38 bits per heavy atom. The van der Waals surface area contributed by atoms with Crippen molar-refractivity contribution in [3.63, 3.8) is 0 Å². The smallest absolute Gasteiger partial charge is 0 e. The zero-order valence-electron chi connectivity index (χ0n) is 8.89. The minimum absolute atomic E-state index is 0. The summed E-state index contributed by atoms with van der Waals surface area (Å²) in [4.78, 5) is 2.54. The molecule has 0 bridgehead atoms. The van der Waals surface area contributed by atoms with Gasteiger partial charge in [-0.1, -0.05) is 6.92 Å². The molecule has 0 atom stereocenters. The summed E-state index contributed by atoms with van der Waals surface area (Å²) >= 11 is 0. The number of rotatable bonds is 4. The van der Waals surface area contributed by atoms with E-state index in [2.05, 4.69) is 18.7 Å². The third kappa shape index (κ3) is 5.49. The maximum absolute atomic E-state index is 3.88. The van der Waals surface area contributed by atoms with Crippen molar-refractivity contribution < 1.29 is 32.7 Å². The van der Waals surface area contributed by atoms with Crippen molar-refractivity contribution >= 4 is 0 Å². The zero-order valence-corrected chi connectivity index (χ0v) is 11.7. The van der Waals surface area contributed by atoms with E-state index >= 15 is 0 Å². The van der Waals surface area contributed by atoms with Crippen LogP contribution >= 0.6 is 0 Å². The van der Waals surface area contributed by atoms with Crippen LogP contribution in [0.3, 0.4) is 0 Å². The Bertz CT molecular complexity index is 109. The van der Waals surface area contributed by atoms with Crippen LogP contribution < -0.4 is 0 Å². The third-order valence-electron chi connectivity index (χ3n) is 2.79. The van der Waals surface area contributed by atoms with E-state index in [0.717, 1.165) is 6.42 Å². The largest absolute Gasteiger partial charge is 0.343 e. The van der Waals surface area contributed by atoms with Gasteiger partial charge in [0.15, 0.2) is 0 Å². The summed E-state index contributed by atoms with van der Waals surface area (Å²) in [5.74, 6) is 1.78. The Kier molecular flexibility index (Phi) is 9.06. The number of nitrogens with zero attached hydrogens (tertiary/aromatic N) is 1. The van der Waals surface area contributed by atoms with Crippen molar-refractivity contribution in [2.24, 2.45) is 0 Å². The number of piperidine rings is 1. The summed E-state index contributed by atoms with van der Waals surface area (Å²) < 4.78 is 0. The molecule has 1 fully saturated rings. The quantitative estimate of drug-likeness (QED) is 0.699. The summed E-state index contributed by atoms with van der Waals surface area (Å²) in [5, 5.41) is 0. The Balaban J connectivity index is 0.00000144. The van der Waals surface area contributed by atoms with Crippen molar-refractivity contribution in [3.8, 4) is 0 Å². The molecule has 0 aromatic heterocycles. The van der Waals surface area contributed by atoms with Crippen LogP contribution in [0, 0.1) is 12.8 Å². The topological polar surface area (TPSA) is 3.24 Å². The molecule has 75 valence electrons. The molecular formula is C11H21NY-2. The normalized spacial score (nSPS) is 19.8. The first-order valence-corrected chi connectivity index (χ1v) is 5.22. The van der Waals surface area contributed by atoms with Gasteiger partial charge in [-0.2, -0.15) is 25.7 Å². The number of unbranched alkanes of at least 4 members (excludes halogenated alkanes) is 1. The van der Waals surface area contributed by atoms with Gasteiger partial charge in [0.25, 0.3) is 0 Å². The molecule has 1 aliphatic heterocycles. The zero-order chi connectivity index (χ0) is 8.81. The predicted molar refractivity (Wildman–Crippen MR) is 53.8 cm³/mol. The second kappa shape index (κ2) is 8.38. The van der Waals surface area contributed by atoms with Gasteiger partial charge in [-0.25, -0.2) is 0 Å². The molecule has 0 N–H and O–H groups in total. The standard InChI is InChI=1S/C11H21N.Y/c1-3-5-6-11-7-9-12(4-2)10-8-11;/h1,3-10H2,2H3;/q-2;. The molecule has 13 heavy (non-hydrogen) atoms. The maximum Gasteiger partial charge on any atom is 0 e. The van der Waals surface area contributed by atoms with E-state index in [1.165, 1.54) is 45.3 Å². The average molecular weight is 256 g/mol. The molecule has 0 unspecified atom stereocenters. The molecule has 0 aliphatic carbocycles. The average Bonchev–Trinajstić information content (AvgIpc) is 2.15. The molecule has 1 heterocycles. The molecule has 0 aromatic carbocycles. The van der Waals surface area contributed by atoms with Crippen LogP contribution in [0.15, 0.2) is 0 Å². The minimum atomic E-state index is 0. The van der Waals surface area contributed by atoms with Gasteiger partial charge in [-0.3, -0.25) is 0 Å². The Morgan fingerprint density at radius 2 is 1.92 bits per heavy atom. The molecule has 0 amide bonds. The molecule has 1 rings (SSSR count). The predicted octanol–water partition coefficient (Wildman–Crippen LogP) is 2.68. The van der Waals surface area contributed by atoms with E-state index in [0.29, 0.717) is 0 Å². The first-order chi connectivity index (χ1) is 5.86. The van der Waals surface area contributed by atoms with Gasteiger partial charge in [0.05, 0.1) is 0 Å². The van der Waals surface area contributed by atoms with Crippen molar-refractivity contribution in [1.82, 2.24) is 4.90 Å². The van der Waals surface area contributed by atoms with E-state index < -0.39 is 0 Å². The Morgan fingerprint density at radius 1 is 1.31 bits per heavy atom. The van der Waals surface area contributed by atoms with Crippen molar-refractivity contribution in [1.29, 1.82) is 0 Å². The summed E-state index contributed by atoms with van der Waals surface area (Å²) in [7, 11) is 0. The fourth-order valence-corrected chi connectivity index (χ4v) is 1.81. The monoisotopic (exact) mass is 256 g/mol. The number of hydrogen-bond donors (Lipinski definition) is 0. The van der Waals surface area contributed by atoms with Crippen LogP contribution in [0.4, 0.5) is 0 Å². The SMILES string of the molecule is [CH2-]CCC[C-]1CCN(CC)CC1.[Y]. The molecular weight excluding hydrogens is 235 g/mol. The van der Waals surface area contributed by atoms with E-state index in [1.807, 2.05) is 0 Å². The maximum atomic E-state index is 3.88. The molecule has 1 radical (unpaired) electrons. The van der Waals surface area contributed by atoms with Crippen LogP contribution in [0.5, 0.6) is 0 Å². The molecule has 0 spiro atoms. The van der Waals surface area contributed by atoms with E-state index in [1.54, 1.807) is 5.92 Å². The van der Waals surface area contributed by atoms with Crippen molar-refractivity contribution in [2.45, 2.75) is 39.0 Å². The van der Waals surface area contributed by atoms with E-state index in [-0.39, 0.29) is 32.7 Å². The summed E-state index contributed by atoms with van der Waals surface area (Å²) in [6.45, 7) is 9.94. The van der Waals surface area contributed by atoms with Gasteiger partial charge in [0.1, 0.15) is 0 Å². The van der Waals surface area contributed by atoms with Crippen LogP contribution in [-0.2, 0) is 32.7 Å². The molecule has 0 aromatic rings.